The maximum absolute atomic E-state index is 12.4. The van der Waals surface area contributed by atoms with Gasteiger partial charge in [0.25, 0.3) is 0 Å². The van der Waals surface area contributed by atoms with Gasteiger partial charge in [0.15, 0.2) is 11.5 Å². The lowest BCUT2D eigenvalue weighted by Crippen LogP contribution is -2.42. The first-order valence-corrected chi connectivity index (χ1v) is 9.33. The van der Waals surface area contributed by atoms with Crippen molar-refractivity contribution < 1.29 is 14.3 Å². The fraction of sp³-hybridized carbons (Fsp3) is 0.533. The van der Waals surface area contributed by atoms with Crippen molar-refractivity contribution in [3.05, 3.63) is 17.7 Å². The summed E-state index contributed by atoms with van der Waals surface area (Å²) < 4.78 is 10.7. The van der Waals surface area contributed by atoms with Crippen LogP contribution >= 0.6 is 35.9 Å². The first-order chi connectivity index (χ1) is 10.6. The summed E-state index contributed by atoms with van der Waals surface area (Å²) >= 11 is 3.39. The van der Waals surface area contributed by atoms with Crippen molar-refractivity contribution in [2.75, 3.05) is 39.2 Å². The van der Waals surface area contributed by atoms with Crippen LogP contribution in [0, 0.1) is 0 Å². The van der Waals surface area contributed by atoms with Gasteiger partial charge in [-0.2, -0.15) is 0 Å². The first-order valence-electron chi connectivity index (χ1n) is 6.95. The smallest absolute Gasteiger partial charge is 0.240 e. The maximum atomic E-state index is 12.4. The Morgan fingerprint density at radius 2 is 2.04 bits per heavy atom. The van der Waals surface area contributed by atoms with Crippen LogP contribution in [0.25, 0.3) is 0 Å². The predicted molar refractivity (Wildman–Crippen MR) is 99.3 cm³/mol. The van der Waals surface area contributed by atoms with Gasteiger partial charge in [0.05, 0.1) is 20.3 Å². The minimum atomic E-state index is -0.0760. The number of likely N-dealkylation sites (N-methyl/N-ethyl adjacent to an activating group) is 1. The molecule has 1 N–H and O–H groups in total. The van der Waals surface area contributed by atoms with Crippen molar-refractivity contribution in [2.45, 2.75) is 17.5 Å². The summed E-state index contributed by atoms with van der Waals surface area (Å²) in [6.45, 7) is 0.554. The number of thioether (sulfide) groups is 2. The number of amides is 1. The molecule has 1 unspecified atom stereocenters. The highest BCUT2D eigenvalue weighted by Gasteiger charge is 2.26. The number of hydrogen-bond donors (Lipinski definition) is 1. The number of hydrogen-bond acceptors (Lipinski definition) is 6. The molecule has 23 heavy (non-hydrogen) atoms. The Morgan fingerprint density at radius 1 is 1.39 bits per heavy atom. The van der Waals surface area contributed by atoms with E-state index in [9.17, 15) is 4.79 Å². The average Bonchev–Trinajstić information content (AvgIpc) is 3.07. The lowest BCUT2D eigenvalue weighted by atomic mass is 10.1. The number of carbonyl (C=O) groups is 1. The van der Waals surface area contributed by atoms with Crippen molar-refractivity contribution in [1.29, 1.82) is 0 Å². The molecule has 1 saturated heterocycles. The molecule has 0 radical (unpaired) electrons. The topological polar surface area (TPSA) is 50.8 Å². The van der Waals surface area contributed by atoms with Crippen LogP contribution in [-0.2, 0) is 11.3 Å². The van der Waals surface area contributed by atoms with Crippen molar-refractivity contribution in [3.8, 4) is 11.5 Å². The highest BCUT2D eigenvalue weighted by Crippen LogP contribution is 2.35. The largest absolute Gasteiger partial charge is 0.493 e. The SMILES string of the molecule is COc1cc(CN(C)C(=O)C2CSCN2)c(SC)cc1OC.Cl. The fourth-order valence-electron chi connectivity index (χ4n) is 2.37. The Hall–Kier alpha value is -0.760. The maximum Gasteiger partial charge on any atom is 0.240 e. The molecule has 8 heteroatoms. The first kappa shape index (κ1) is 20.3. The number of halogens is 1. The fourth-order valence-corrected chi connectivity index (χ4v) is 3.91. The van der Waals surface area contributed by atoms with Gasteiger partial charge in [-0.05, 0) is 24.0 Å². The van der Waals surface area contributed by atoms with E-state index in [-0.39, 0.29) is 24.4 Å². The third kappa shape index (κ3) is 4.86. The van der Waals surface area contributed by atoms with Crippen LogP contribution in [0.15, 0.2) is 17.0 Å². The molecule has 1 atom stereocenters. The molecule has 1 heterocycles. The molecule has 130 valence electrons. The van der Waals surface area contributed by atoms with Crippen molar-refractivity contribution in [3.63, 3.8) is 0 Å². The minimum absolute atomic E-state index is 0. The summed E-state index contributed by atoms with van der Waals surface area (Å²) in [5.74, 6) is 3.21. The lowest BCUT2D eigenvalue weighted by Gasteiger charge is -2.23. The highest BCUT2D eigenvalue weighted by atomic mass is 35.5. The molecule has 0 spiro atoms. The molecule has 1 aromatic carbocycles. The summed E-state index contributed by atoms with van der Waals surface area (Å²) in [5, 5.41) is 3.21. The summed E-state index contributed by atoms with van der Waals surface area (Å²) in [6.07, 6.45) is 2.02. The molecule has 1 fully saturated rings. The van der Waals surface area contributed by atoms with E-state index in [1.54, 1.807) is 42.6 Å². The van der Waals surface area contributed by atoms with Crippen LogP contribution in [0.5, 0.6) is 11.5 Å². The zero-order valence-electron chi connectivity index (χ0n) is 13.8. The summed E-state index contributed by atoms with van der Waals surface area (Å²) in [7, 11) is 5.09. The highest BCUT2D eigenvalue weighted by molar-refractivity contribution is 7.99. The van der Waals surface area contributed by atoms with Gasteiger partial charge in [0, 0.05) is 30.1 Å². The number of nitrogens with zero attached hydrogens (tertiary/aromatic N) is 1. The summed E-state index contributed by atoms with van der Waals surface area (Å²) in [5.41, 5.74) is 1.06. The molecular formula is C15H23ClN2O3S2. The molecule has 1 amide bonds. The molecule has 0 aliphatic carbocycles. The third-order valence-corrected chi connectivity index (χ3v) is 5.34. The van der Waals surface area contributed by atoms with Crippen molar-refractivity contribution >= 4 is 41.8 Å². The number of methoxy groups -OCH3 is 2. The zero-order chi connectivity index (χ0) is 16.1. The number of nitrogens with one attached hydrogen (secondary N) is 1. The molecule has 1 aliphatic rings. The molecule has 1 aromatic rings. The van der Waals surface area contributed by atoms with Crippen LogP contribution < -0.4 is 14.8 Å². The second-order valence-electron chi connectivity index (χ2n) is 4.99. The van der Waals surface area contributed by atoms with E-state index in [1.165, 1.54) is 0 Å². The van der Waals surface area contributed by atoms with E-state index in [1.807, 2.05) is 25.4 Å². The molecule has 2 rings (SSSR count). The Morgan fingerprint density at radius 3 is 2.57 bits per heavy atom. The van der Waals surface area contributed by atoms with Gasteiger partial charge in [0.1, 0.15) is 0 Å². The van der Waals surface area contributed by atoms with E-state index in [2.05, 4.69) is 5.32 Å². The Labute approximate surface area is 152 Å². The second-order valence-corrected chi connectivity index (χ2v) is 6.86. The Kier molecular flexibility index (Phi) is 8.39. The van der Waals surface area contributed by atoms with Crippen molar-refractivity contribution in [2.24, 2.45) is 0 Å². The van der Waals surface area contributed by atoms with Gasteiger partial charge < -0.3 is 14.4 Å². The van der Waals surface area contributed by atoms with Crippen molar-refractivity contribution in [1.82, 2.24) is 10.2 Å². The van der Waals surface area contributed by atoms with Crippen LogP contribution in [0.1, 0.15) is 5.56 Å². The molecule has 0 bridgehead atoms. The number of rotatable bonds is 6. The molecule has 0 aromatic heterocycles. The van der Waals surface area contributed by atoms with Crippen LogP contribution in [0.3, 0.4) is 0 Å². The van der Waals surface area contributed by atoms with Gasteiger partial charge in [-0.3, -0.25) is 10.1 Å². The van der Waals surface area contributed by atoms with E-state index < -0.39 is 0 Å². The van der Waals surface area contributed by atoms with Crippen LogP contribution in [-0.4, -0.2) is 56.0 Å². The van der Waals surface area contributed by atoms with E-state index in [4.69, 9.17) is 9.47 Å². The van der Waals surface area contributed by atoms with Gasteiger partial charge in [-0.1, -0.05) is 0 Å². The number of benzene rings is 1. The van der Waals surface area contributed by atoms with Gasteiger partial charge in [-0.15, -0.1) is 35.9 Å². The Bertz CT molecular complexity index is 540. The third-order valence-electron chi connectivity index (χ3n) is 3.58. The quantitative estimate of drug-likeness (QED) is 0.767. The van der Waals surface area contributed by atoms with Crippen LogP contribution in [0.4, 0.5) is 0 Å². The average molecular weight is 379 g/mol. The summed E-state index contributed by atoms with van der Waals surface area (Å²) in [6, 6.07) is 3.83. The molecular weight excluding hydrogens is 356 g/mol. The standard InChI is InChI=1S/C15H22N2O3S2.ClH/c1-17(15(18)11-8-22-9-16-11)7-10-5-12(19-2)13(20-3)6-14(10)21-4;/h5-6,11,16H,7-9H2,1-4H3;1H. The Balaban J connectivity index is 0.00000264. The zero-order valence-corrected chi connectivity index (χ0v) is 16.2. The summed E-state index contributed by atoms with van der Waals surface area (Å²) in [4.78, 5) is 15.3. The van der Waals surface area contributed by atoms with E-state index in [0.29, 0.717) is 18.0 Å². The molecule has 1 aliphatic heterocycles. The van der Waals surface area contributed by atoms with E-state index >= 15 is 0 Å². The second kappa shape index (κ2) is 9.52. The van der Waals surface area contributed by atoms with E-state index in [0.717, 1.165) is 22.1 Å². The molecule has 5 nitrogen and oxygen atoms in total. The monoisotopic (exact) mass is 378 g/mol. The predicted octanol–water partition coefficient (Wildman–Crippen LogP) is 2.47. The number of ether oxygens (including phenoxy) is 2. The minimum Gasteiger partial charge on any atom is -0.493 e. The van der Waals surface area contributed by atoms with Crippen LogP contribution in [0.2, 0.25) is 0 Å². The van der Waals surface area contributed by atoms with Gasteiger partial charge in [0.2, 0.25) is 5.91 Å². The normalized spacial score (nSPS) is 16.6. The van der Waals surface area contributed by atoms with Gasteiger partial charge >= 0.3 is 0 Å². The molecule has 0 saturated carbocycles. The lowest BCUT2D eigenvalue weighted by molar-refractivity contribution is -0.131. The van der Waals surface area contributed by atoms with Gasteiger partial charge in [-0.25, -0.2) is 0 Å². The number of carbonyl (C=O) groups excluding carboxylic acids is 1.